The standard InChI is InChI=1S/C9H18N2O2S/c1-2-3-4-5-6-7-8(12)13-11-9(10)14/h2-7H2,1H3,(H3,10,11,14). The summed E-state index contributed by atoms with van der Waals surface area (Å²) in [4.78, 5) is 15.5. The van der Waals surface area contributed by atoms with Gasteiger partial charge in [-0.15, -0.1) is 0 Å². The fraction of sp³-hybridized carbons (Fsp3) is 0.778. The lowest BCUT2D eigenvalue weighted by Gasteiger charge is -2.03. The van der Waals surface area contributed by atoms with Crippen molar-refractivity contribution in [3.05, 3.63) is 0 Å². The van der Waals surface area contributed by atoms with Crippen LogP contribution in [-0.2, 0) is 9.63 Å². The van der Waals surface area contributed by atoms with Crippen molar-refractivity contribution in [2.45, 2.75) is 45.4 Å². The van der Waals surface area contributed by atoms with Gasteiger partial charge in [-0.05, 0) is 18.6 Å². The number of hydrogen-bond acceptors (Lipinski definition) is 3. The number of nitrogens with two attached hydrogens (primary N) is 1. The lowest BCUT2D eigenvalue weighted by Crippen LogP contribution is -2.31. The highest BCUT2D eigenvalue weighted by Gasteiger charge is 2.02. The molecule has 0 aromatic heterocycles. The molecule has 0 amide bonds. The van der Waals surface area contributed by atoms with E-state index >= 15 is 0 Å². The molecular weight excluding hydrogens is 200 g/mol. The van der Waals surface area contributed by atoms with Gasteiger partial charge in [0, 0.05) is 6.42 Å². The van der Waals surface area contributed by atoms with Crippen molar-refractivity contribution in [3.63, 3.8) is 0 Å². The van der Waals surface area contributed by atoms with E-state index in [-0.39, 0.29) is 11.1 Å². The molecule has 0 aromatic carbocycles. The van der Waals surface area contributed by atoms with E-state index in [2.05, 4.69) is 29.5 Å². The van der Waals surface area contributed by atoms with Crippen LogP contribution in [0, 0.1) is 0 Å². The molecule has 0 rings (SSSR count). The number of carbonyl (C=O) groups is 1. The Morgan fingerprint density at radius 2 is 2.00 bits per heavy atom. The highest BCUT2D eigenvalue weighted by molar-refractivity contribution is 7.80. The Labute approximate surface area is 90.1 Å². The molecule has 0 unspecified atom stereocenters. The van der Waals surface area contributed by atoms with Crippen LogP contribution in [0.2, 0.25) is 0 Å². The molecular formula is C9H18N2O2S. The molecule has 0 aliphatic heterocycles. The summed E-state index contributed by atoms with van der Waals surface area (Å²) < 4.78 is 0. The molecule has 0 fully saturated rings. The highest BCUT2D eigenvalue weighted by atomic mass is 32.1. The van der Waals surface area contributed by atoms with Gasteiger partial charge in [0.25, 0.3) is 0 Å². The third kappa shape index (κ3) is 9.25. The minimum atomic E-state index is -0.311. The van der Waals surface area contributed by atoms with Crippen LogP contribution >= 0.6 is 12.2 Å². The van der Waals surface area contributed by atoms with Crippen molar-refractivity contribution in [2.75, 3.05) is 0 Å². The average Bonchev–Trinajstić information content (AvgIpc) is 2.14. The summed E-state index contributed by atoms with van der Waals surface area (Å²) in [5.41, 5.74) is 7.24. The first-order chi connectivity index (χ1) is 6.66. The molecule has 0 heterocycles. The number of hydrogen-bond donors (Lipinski definition) is 2. The third-order valence-corrected chi connectivity index (χ3v) is 1.83. The van der Waals surface area contributed by atoms with E-state index in [0.717, 1.165) is 12.8 Å². The van der Waals surface area contributed by atoms with Gasteiger partial charge in [0.1, 0.15) is 0 Å². The molecule has 0 saturated heterocycles. The predicted molar refractivity (Wildman–Crippen MR) is 59.4 cm³/mol. The van der Waals surface area contributed by atoms with Crippen molar-refractivity contribution < 1.29 is 9.63 Å². The summed E-state index contributed by atoms with van der Waals surface area (Å²) in [7, 11) is 0. The molecule has 0 aliphatic rings. The van der Waals surface area contributed by atoms with Crippen LogP contribution in [0.15, 0.2) is 0 Å². The zero-order valence-corrected chi connectivity index (χ0v) is 9.36. The van der Waals surface area contributed by atoms with Gasteiger partial charge < -0.3 is 10.6 Å². The van der Waals surface area contributed by atoms with Crippen LogP contribution in [0.25, 0.3) is 0 Å². The Balaban J connectivity index is 3.22. The summed E-state index contributed by atoms with van der Waals surface area (Å²) in [6.45, 7) is 2.15. The lowest BCUT2D eigenvalue weighted by molar-refractivity contribution is -0.147. The molecule has 0 atom stereocenters. The average molecular weight is 218 g/mol. The zero-order chi connectivity index (χ0) is 10.8. The third-order valence-electron chi connectivity index (χ3n) is 1.75. The predicted octanol–water partition coefficient (Wildman–Crippen LogP) is 1.64. The maximum atomic E-state index is 11.0. The van der Waals surface area contributed by atoms with Gasteiger partial charge in [0.05, 0.1) is 0 Å². The Morgan fingerprint density at radius 3 is 2.57 bits per heavy atom. The monoisotopic (exact) mass is 218 g/mol. The molecule has 0 spiro atoms. The Kier molecular flexibility index (Phi) is 8.22. The molecule has 0 saturated carbocycles. The first-order valence-corrected chi connectivity index (χ1v) is 5.32. The normalized spacial score (nSPS) is 9.50. The van der Waals surface area contributed by atoms with Crippen LogP contribution in [0.3, 0.4) is 0 Å². The molecule has 4 nitrogen and oxygen atoms in total. The largest absolute Gasteiger partial charge is 0.374 e. The van der Waals surface area contributed by atoms with Gasteiger partial charge >= 0.3 is 5.97 Å². The van der Waals surface area contributed by atoms with E-state index in [0.29, 0.717) is 6.42 Å². The topological polar surface area (TPSA) is 64.3 Å². The van der Waals surface area contributed by atoms with Gasteiger partial charge in [-0.2, -0.15) is 5.48 Å². The van der Waals surface area contributed by atoms with Crippen LogP contribution < -0.4 is 11.2 Å². The second-order valence-corrected chi connectivity index (χ2v) is 3.54. The smallest absolute Gasteiger partial charge is 0.332 e. The number of hydroxylamine groups is 1. The highest BCUT2D eigenvalue weighted by Crippen LogP contribution is 2.05. The Bertz CT molecular complexity index is 186. The van der Waals surface area contributed by atoms with E-state index in [1.165, 1.54) is 19.3 Å². The fourth-order valence-corrected chi connectivity index (χ4v) is 1.07. The summed E-state index contributed by atoms with van der Waals surface area (Å²) in [6, 6.07) is 0. The summed E-state index contributed by atoms with van der Waals surface area (Å²) in [5.74, 6) is -0.311. The van der Waals surface area contributed by atoms with Crippen LogP contribution in [-0.4, -0.2) is 11.1 Å². The molecule has 82 valence electrons. The number of nitrogens with one attached hydrogen (secondary N) is 1. The molecule has 0 aromatic rings. The summed E-state index contributed by atoms with van der Waals surface area (Å²) in [5, 5.41) is -0.0238. The number of unbranched alkanes of at least 4 members (excludes halogenated alkanes) is 4. The van der Waals surface area contributed by atoms with E-state index in [1.807, 2.05) is 0 Å². The number of thiocarbonyl (C=S) groups is 1. The van der Waals surface area contributed by atoms with Crippen molar-refractivity contribution in [1.82, 2.24) is 5.48 Å². The second kappa shape index (κ2) is 8.74. The fourth-order valence-electron chi connectivity index (χ4n) is 1.03. The van der Waals surface area contributed by atoms with Crippen molar-refractivity contribution in [3.8, 4) is 0 Å². The van der Waals surface area contributed by atoms with Gasteiger partial charge in [0.15, 0.2) is 5.11 Å². The molecule has 0 radical (unpaired) electrons. The quantitative estimate of drug-likeness (QED) is 0.403. The van der Waals surface area contributed by atoms with Crippen molar-refractivity contribution in [2.24, 2.45) is 5.73 Å². The minimum absolute atomic E-state index is 0.0238. The van der Waals surface area contributed by atoms with Gasteiger partial charge in [-0.25, -0.2) is 4.79 Å². The van der Waals surface area contributed by atoms with E-state index in [4.69, 9.17) is 5.73 Å². The molecule has 14 heavy (non-hydrogen) atoms. The first kappa shape index (κ1) is 13.2. The Morgan fingerprint density at radius 1 is 1.36 bits per heavy atom. The van der Waals surface area contributed by atoms with Crippen molar-refractivity contribution in [1.29, 1.82) is 0 Å². The van der Waals surface area contributed by atoms with Gasteiger partial charge in [0.2, 0.25) is 0 Å². The Hall–Kier alpha value is -0.840. The zero-order valence-electron chi connectivity index (χ0n) is 8.54. The number of rotatable bonds is 6. The van der Waals surface area contributed by atoms with Crippen LogP contribution in [0.4, 0.5) is 0 Å². The van der Waals surface area contributed by atoms with Crippen LogP contribution in [0.5, 0.6) is 0 Å². The second-order valence-electron chi connectivity index (χ2n) is 3.10. The summed E-state index contributed by atoms with van der Waals surface area (Å²) in [6.07, 6.45) is 5.94. The van der Waals surface area contributed by atoms with Gasteiger partial charge in [-0.3, -0.25) is 0 Å². The number of carbonyl (C=O) groups excluding carboxylic acids is 1. The van der Waals surface area contributed by atoms with Gasteiger partial charge in [-0.1, -0.05) is 32.6 Å². The van der Waals surface area contributed by atoms with Crippen molar-refractivity contribution >= 4 is 23.3 Å². The van der Waals surface area contributed by atoms with E-state index in [9.17, 15) is 4.79 Å². The maximum absolute atomic E-state index is 11.0. The molecule has 3 N–H and O–H groups in total. The minimum Gasteiger partial charge on any atom is -0.374 e. The van der Waals surface area contributed by atoms with E-state index in [1.54, 1.807) is 0 Å². The molecule has 5 heteroatoms. The lowest BCUT2D eigenvalue weighted by atomic mass is 10.1. The van der Waals surface area contributed by atoms with E-state index < -0.39 is 0 Å². The molecule has 0 bridgehead atoms. The van der Waals surface area contributed by atoms with Crippen LogP contribution in [0.1, 0.15) is 45.4 Å². The first-order valence-electron chi connectivity index (χ1n) is 4.92. The maximum Gasteiger partial charge on any atom is 0.332 e. The summed E-state index contributed by atoms with van der Waals surface area (Å²) >= 11 is 4.47. The molecule has 0 aliphatic carbocycles. The SMILES string of the molecule is CCCCCCCC(=O)ONC(N)=S.